The van der Waals surface area contributed by atoms with Crippen molar-refractivity contribution in [1.82, 2.24) is 15.3 Å². The van der Waals surface area contributed by atoms with Crippen molar-refractivity contribution in [3.05, 3.63) is 30.6 Å². The number of para-hydroxylation sites is 1. The van der Waals surface area contributed by atoms with E-state index in [1.54, 1.807) is 0 Å². The third-order valence-corrected chi connectivity index (χ3v) is 3.36. The van der Waals surface area contributed by atoms with Crippen molar-refractivity contribution in [2.45, 2.75) is 11.2 Å². The van der Waals surface area contributed by atoms with Crippen LogP contribution >= 0.6 is 11.8 Å². The monoisotopic (exact) mass is 287 g/mol. The number of fused-ring (bicyclic) bond motifs is 1. The van der Waals surface area contributed by atoms with Crippen LogP contribution < -0.4 is 5.32 Å². The number of hydrogen-bond donors (Lipinski definition) is 1. The fourth-order valence-electron chi connectivity index (χ4n) is 1.55. The molecule has 7 heteroatoms. The Labute approximate surface area is 112 Å². The normalized spacial score (nSPS) is 11.9. The number of aromatic nitrogens is 2. The third kappa shape index (κ3) is 4.36. The molecule has 2 aromatic rings. The van der Waals surface area contributed by atoms with Crippen LogP contribution in [-0.4, -0.2) is 35.0 Å². The first-order valence-electron chi connectivity index (χ1n) is 5.66. The number of benzene rings is 1. The lowest BCUT2D eigenvalue weighted by Crippen LogP contribution is -2.30. The molecule has 2 rings (SSSR count). The van der Waals surface area contributed by atoms with Gasteiger partial charge in [-0.1, -0.05) is 18.2 Å². The number of halogens is 3. The van der Waals surface area contributed by atoms with E-state index in [1.807, 2.05) is 24.3 Å². The van der Waals surface area contributed by atoms with Gasteiger partial charge in [-0.3, -0.25) is 0 Å². The van der Waals surface area contributed by atoms with E-state index in [-0.39, 0.29) is 6.54 Å². The summed E-state index contributed by atoms with van der Waals surface area (Å²) in [6.45, 7) is -0.680. The maximum absolute atomic E-state index is 11.9. The van der Waals surface area contributed by atoms with E-state index in [0.717, 1.165) is 15.9 Å². The van der Waals surface area contributed by atoms with E-state index in [2.05, 4.69) is 15.3 Å². The Morgan fingerprint density at radius 3 is 2.74 bits per heavy atom. The molecule has 1 aromatic heterocycles. The van der Waals surface area contributed by atoms with Crippen LogP contribution in [0.1, 0.15) is 0 Å². The van der Waals surface area contributed by atoms with E-state index in [1.165, 1.54) is 18.1 Å². The Hall–Kier alpha value is -1.34. The average molecular weight is 287 g/mol. The summed E-state index contributed by atoms with van der Waals surface area (Å²) in [6.07, 6.45) is -2.69. The second kappa shape index (κ2) is 6.21. The summed E-state index contributed by atoms with van der Waals surface area (Å²) in [4.78, 5) is 8.28. The van der Waals surface area contributed by atoms with Crippen molar-refractivity contribution >= 4 is 22.7 Å². The number of nitrogens with one attached hydrogen (secondary N) is 1. The van der Waals surface area contributed by atoms with E-state index >= 15 is 0 Å². The lowest BCUT2D eigenvalue weighted by molar-refractivity contribution is -0.124. The third-order valence-electron chi connectivity index (χ3n) is 2.35. The first-order valence-corrected chi connectivity index (χ1v) is 6.65. The molecule has 1 aromatic carbocycles. The van der Waals surface area contributed by atoms with Gasteiger partial charge in [-0.15, -0.1) is 11.8 Å². The zero-order chi connectivity index (χ0) is 13.7. The standard InChI is InChI=1S/C12H12F3N3S/c13-12(14,15)7-16-5-6-19-11-9-3-1-2-4-10(9)17-8-18-11/h1-4,8,16H,5-7H2. The molecule has 19 heavy (non-hydrogen) atoms. The summed E-state index contributed by atoms with van der Waals surface area (Å²) >= 11 is 1.42. The Morgan fingerprint density at radius 2 is 1.95 bits per heavy atom. The van der Waals surface area contributed by atoms with Crippen LogP contribution in [0.3, 0.4) is 0 Å². The minimum atomic E-state index is -4.16. The Balaban J connectivity index is 1.88. The molecule has 102 valence electrons. The van der Waals surface area contributed by atoms with Crippen LogP contribution in [0.15, 0.2) is 35.6 Å². The SMILES string of the molecule is FC(F)(F)CNCCSc1ncnc2ccccc12. The summed E-state index contributed by atoms with van der Waals surface area (Å²) in [5.74, 6) is 0.525. The summed E-state index contributed by atoms with van der Waals surface area (Å²) in [6, 6.07) is 7.55. The number of nitrogens with zero attached hydrogens (tertiary/aromatic N) is 2. The van der Waals surface area contributed by atoms with Gasteiger partial charge in [0.05, 0.1) is 12.1 Å². The number of rotatable bonds is 5. The fourth-order valence-corrected chi connectivity index (χ4v) is 2.43. The summed E-state index contributed by atoms with van der Waals surface area (Å²) in [5.41, 5.74) is 0.836. The maximum Gasteiger partial charge on any atom is 0.401 e. The highest BCUT2D eigenvalue weighted by atomic mass is 32.2. The molecule has 0 aliphatic heterocycles. The van der Waals surface area contributed by atoms with Crippen LogP contribution in [0.25, 0.3) is 10.9 Å². The topological polar surface area (TPSA) is 37.8 Å². The van der Waals surface area contributed by atoms with Crippen LogP contribution in [0.5, 0.6) is 0 Å². The molecule has 0 amide bonds. The Bertz CT molecular complexity index is 540. The van der Waals surface area contributed by atoms with Gasteiger partial charge in [0.25, 0.3) is 0 Å². The van der Waals surface area contributed by atoms with Crippen molar-refractivity contribution in [3.8, 4) is 0 Å². The predicted octanol–water partition coefficient (Wildman–Crippen LogP) is 2.87. The first-order chi connectivity index (χ1) is 9.06. The number of alkyl halides is 3. The molecule has 0 atom stereocenters. The Morgan fingerprint density at radius 1 is 1.16 bits per heavy atom. The summed E-state index contributed by atoms with van der Waals surface area (Å²) in [5, 5.41) is 4.07. The van der Waals surface area contributed by atoms with Crippen LogP contribution in [0.2, 0.25) is 0 Å². The van der Waals surface area contributed by atoms with Gasteiger partial charge in [-0.05, 0) is 6.07 Å². The molecule has 0 aliphatic carbocycles. The molecular formula is C12H12F3N3S. The van der Waals surface area contributed by atoms with Gasteiger partial charge in [-0.25, -0.2) is 9.97 Å². The summed E-state index contributed by atoms with van der Waals surface area (Å²) in [7, 11) is 0. The molecule has 0 unspecified atom stereocenters. The molecule has 0 fully saturated rings. The van der Waals surface area contributed by atoms with Gasteiger partial charge in [-0.2, -0.15) is 13.2 Å². The summed E-state index contributed by atoms with van der Waals surface area (Å²) < 4.78 is 35.8. The largest absolute Gasteiger partial charge is 0.401 e. The molecule has 0 saturated carbocycles. The van der Waals surface area contributed by atoms with Crippen molar-refractivity contribution in [2.24, 2.45) is 0 Å². The molecule has 0 bridgehead atoms. The maximum atomic E-state index is 11.9. The molecule has 1 N–H and O–H groups in total. The van der Waals surface area contributed by atoms with Crippen LogP contribution in [0.4, 0.5) is 13.2 Å². The first kappa shape index (κ1) is 14.1. The molecule has 0 spiro atoms. The van der Waals surface area contributed by atoms with Gasteiger partial charge in [0.2, 0.25) is 0 Å². The van der Waals surface area contributed by atoms with E-state index in [4.69, 9.17) is 0 Å². The number of thioether (sulfide) groups is 1. The molecular weight excluding hydrogens is 275 g/mol. The van der Waals surface area contributed by atoms with Crippen molar-refractivity contribution in [3.63, 3.8) is 0 Å². The van der Waals surface area contributed by atoms with E-state index < -0.39 is 12.7 Å². The van der Waals surface area contributed by atoms with Gasteiger partial charge >= 0.3 is 6.18 Å². The Kier molecular flexibility index (Phi) is 4.60. The highest BCUT2D eigenvalue weighted by Gasteiger charge is 2.25. The predicted molar refractivity (Wildman–Crippen MR) is 69.2 cm³/mol. The molecule has 1 heterocycles. The van der Waals surface area contributed by atoms with Gasteiger partial charge in [0, 0.05) is 17.7 Å². The van der Waals surface area contributed by atoms with Crippen molar-refractivity contribution in [1.29, 1.82) is 0 Å². The van der Waals surface area contributed by atoms with E-state index in [9.17, 15) is 13.2 Å². The highest BCUT2D eigenvalue weighted by molar-refractivity contribution is 7.99. The van der Waals surface area contributed by atoms with Crippen molar-refractivity contribution in [2.75, 3.05) is 18.8 Å². The highest BCUT2D eigenvalue weighted by Crippen LogP contribution is 2.23. The zero-order valence-corrected chi connectivity index (χ0v) is 10.8. The zero-order valence-electron chi connectivity index (χ0n) is 9.94. The second-order valence-electron chi connectivity index (χ2n) is 3.84. The van der Waals surface area contributed by atoms with Crippen LogP contribution in [0, 0.1) is 0 Å². The number of hydrogen-bond acceptors (Lipinski definition) is 4. The molecule has 3 nitrogen and oxygen atoms in total. The van der Waals surface area contributed by atoms with Crippen molar-refractivity contribution < 1.29 is 13.2 Å². The smallest absolute Gasteiger partial charge is 0.308 e. The van der Waals surface area contributed by atoms with Crippen LogP contribution in [-0.2, 0) is 0 Å². The molecule has 0 saturated heterocycles. The average Bonchev–Trinajstić information content (AvgIpc) is 2.37. The minimum Gasteiger partial charge on any atom is -0.308 e. The van der Waals surface area contributed by atoms with Gasteiger partial charge in [0.15, 0.2) is 0 Å². The molecule has 0 radical (unpaired) electrons. The lowest BCUT2D eigenvalue weighted by Gasteiger charge is -2.08. The minimum absolute atomic E-state index is 0.280. The quantitative estimate of drug-likeness (QED) is 0.521. The lowest BCUT2D eigenvalue weighted by atomic mass is 10.2. The van der Waals surface area contributed by atoms with E-state index in [0.29, 0.717) is 5.75 Å². The van der Waals surface area contributed by atoms with Gasteiger partial charge in [0.1, 0.15) is 11.4 Å². The van der Waals surface area contributed by atoms with Gasteiger partial charge < -0.3 is 5.32 Å². The molecule has 0 aliphatic rings. The second-order valence-corrected chi connectivity index (χ2v) is 4.92. The fraction of sp³-hybridized carbons (Fsp3) is 0.333.